The third-order valence-electron chi connectivity index (χ3n) is 1.45. The smallest absolute Gasteiger partial charge is 0.328 e. The van der Waals surface area contributed by atoms with Crippen molar-refractivity contribution in [3.8, 4) is 0 Å². The summed E-state index contributed by atoms with van der Waals surface area (Å²) in [5.41, 5.74) is 0. The molecule has 0 saturated carbocycles. The maximum absolute atomic E-state index is 10.1. The first-order valence-corrected chi connectivity index (χ1v) is 5.64. The van der Waals surface area contributed by atoms with E-state index in [1.54, 1.807) is 17.4 Å². The zero-order valence-electron chi connectivity index (χ0n) is 7.37. The van der Waals surface area contributed by atoms with Gasteiger partial charge in [0.05, 0.1) is 3.79 Å². The lowest BCUT2D eigenvalue weighted by molar-refractivity contribution is -0.131. The number of hydrogen-bond acceptors (Lipinski definition) is 3. The molecule has 0 amide bonds. The number of carboxylic acid groups (broad SMARTS) is 1. The molecule has 0 spiro atoms. The van der Waals surface area contributed by atoms with Gasteiger partial charge >= 0.3 is 5.97 Å². The molecule has 0 fully saturated rings. The van der Waals surface area contributed by atoms with Gasteiger partial charge < -0.3 is 10.4 Å². The second kappa shape index (κ2) is 5.95. The molecule has 1 rings (SSSR count). The lowest BCUT2D eigenvalue weighted by atomic mass is 10.4. The number of halogens is 1. The second-order valence-corrected chi connectivity index (χ2v) is 5.12. The Bertz CT molecular complexity index is 335. The first-order valence-electron chi connectivity index (χ1n) is 4.03. The summed E-state index contributed by atoms with van der Waals surface area (Å²) in [5.74, 6) is -0.911. The van der Waals surface area contributed by atoms with Gasteiger partial charge in [-0.2, -0.15) is 0 Å². The van der Waals surface area contributed by atoms with Crippen LogP contribution in [0.4, 0.5) is 0 Å². The van der Waals surface area contributed by atoms with Crippen LogP contribution < -0.4 is 5.32 Å². The third-order valence-corrected chi connectivity index (χ3v) is 3.07. The topological polar surface area (TPSA) is 49.3 Å². The van der Waals surface area contributed by atoms with Crippen molar-refractivity contribution in [1.82, 2.24) is 5.32 Å². The van der Waals surface area contributed by atoms with Crippen molar-refractivity contribution in [2.24, 2.45) is 0 Å². The van der Waals surface area contributed by atoms with Crippen molar-refractivity contribution in [3.05, 3.63) is 32.9 Å². The Balaban J connectivity index is 2.19. The van der Waals surface area contributed by atoms with Crippen molar-refractivity contribution >= 4 is 33.2 Å². The van der Waals surface area contributed by atoms with E-state index in [9.17, 15) is 4.79 Å². The quantitative estimate of drug-likeness (QED) is 0.640. The van der Waals surface area contributed by atoms with Crippen LogP contribution in [0.5, 0.6) is 0 Å². The highest BCUT2D eigenvalue weighted by Crippen LogP contribution is 2.21. The molecule has 0 radical (unpaired) electrons. The number of hydrogen-bond donors (Lipinski definition) is 2. The Morgan fingerprint density at radius 3 is 3.00 bits per heavy atom. The SMILES string of the molecule is O=C(O)/C=C/CNCc1ccc(Br)s1. The third kappa shape index (κ3) is 4.55. The molecular weight excluding hydrogens is 266 g/mol. The van der Waals surface area contributed by atoms with E-state index in [0.717, 1.165) is 16.4 Å². The minimum absolute atomic E-state index is 0.571. The lowest BCUT2D eigenvalue weighted by Crippen LogP contribution is -2.12. The van der Waals surface area contributed by atoms with Gasteiger partial charge in [-0.3, -0.25) is 0 Å². The normalized spacial score (nSPS) is 10.9. The van der Waals surface area contributed by atoms with E-state index < -0.39 is 5.97 Å². The molecule has 5 heteroatoms. The van der Waals surface area contributed by atoms with Gasteiger partial charge in [0.2, 0.25) is 0 Å². The van der Waals surface area contributed by atoms with E-state index in [1.165, 1.54) is 4.88 Å². The van der Waals surface area contributed by atoms with Crippen LogP contribution in [0.25, 0.3) is 0 Å². The van der Waals surface area contributed by atoms with Gasteiger partial charge in [-0.15, -0.1) is 11.3 Å². The Hall–Kier alpha value is -0.650. The van der Waals surface area contributed by atoms with E-state index >= 15 is 0 Å². The summed E-state index contributed by atoms with van der Waals surface area (Å²) < 4.78 is 1.11. The van der Waals surface area contributed by atoms with Gasteiger partial charge in [0.1, 0.15) is 0 Å². The number of thiophene rings is 1. The van der Waals surface area contributed by atoms with Crippen LogP contribution in [-0.2, 0) is 11.3 Å². The second-order valence-electron chi connectivity index (χ2n) is 2.58. The highest BCUT2D eigenvalue weighted by Gasteiger charge is 1.95. The molecule has 1 aromatic rings. The van der Waals surface area contributed by atoms with Gasteiger partial charge in [-0.1, -0.05) is 6.08 Å². The van der Waals surface area contributed by atoms with Crippen LogP contribution in [0.3, 0.4) is 0 Å². The largest absolute Gasteiger partial charge is 0.478 e. The van der Waals surface area contributed by atoms with Crippen LogP contribution in [0.1, 0.15) is 4.88 Å². The number of carbonyl (C=O) groups is 1. The van der Waals surface area contributed by atoms with Gasteiger partial charge in [-0.05, 0) is 28.1 Å². The molecule has 0 aliphatic carbocycles. The Morgan fingerprint density at radius 1 is 1.64 bits per heavy atom. The maximum Gasteiger partial charge on any atom is 0.328 e. The predicted octanol–water partition coefficient (Wildman–Crippen LogP) is 2.24. The average molecular weight is 276 g/mol. The fourth-order valence-corrected chi connectivity index (χ4v) is 2.34. The Labute approximate surface area is 94.6 Å². The summed E-state index contributed by atoms with van der Waals surface area (Å²) in [6, 6.07) is 4.03. The van der Waals surface area contributed by atoms with Gasteiger partial charge in [0.25, 0.3) is 0 Å². The minimum atomic E-state index is -0.911. The summed E-state index contributed by atoms with van der Waals surface area (Å²) in [7, 11) is 0. The van der Waals surface area contributed by atoms with Crippen LogP contribution in [0, 0.1) is 0 Å². The van der Waals surface area contributed by atoms with Gasteiger partial charge in [0.15, 0.2) is 0 Å². The van der Waals surface area contributed by atoms with Crippen LogP contribution in [0.15, 0.2) is 28.1 Å². The molecular formula is C9H10BrNO2S. The first-order chi connectivity index (χ1) is 6.68. The fraction of sp³-hybridized carbons (Fsp3) is 0.222. The molecule has 0 aliphatic rings. The molecule has 0 saturated heterocycles. The minimum Gasteiger partial charge on any atom is -0.478 e. The molecule has 14 heavy (non-hydrogen) atoms. The average Bonchev–Trinajstić information content (AvgIpc) is 2.50. The van der Waals surface area contributed by atoms with Gasteiger partial charge in [0, 0.05) is 24.0 Å². The van der Waals surface area contributed by atoms with E-state index in [-0.39, 0.29) is 0 Å². The first kappa shape index (κ1) is 11.4. The van der Waals surface area contributed by atoms with Crippen molar-refractivity contribution in [2.75, 3.05) is 6.54 Å². The van der Waals surface area contributed by atoms with Crippen molar-refractivity contribution in [3.63, 3.8) is 0 Å². The molecule has 1 aromatic heterocycles. The van der Waals surface area contributed by atoms with Crippen LogP contribution >= 0.6 is 27.3 Å². The zero-order chi connectivity index (χ0) is 10.4. The predicted molar refractivity (Wildman–Crippen MR) is 60.5 cm³/mol. The van der Waals surface area contributed by atoms with Crippen molar-refractivity contribution < 1.29 is 9.90 Å². The van der Waals surface area contributed by atoms with E-state index in [0.29, 0.717) is 6.54 Å². The fourth-order valence-electron chi connectivity index (χ4n) is 0.885. The molecule has 0 aromatic carbocycles. The number of rotatable bonds is 5. The van der Waals surface area contributed by atoms with Crippen molar-refractivity contribution in [2.45, 2.75) is 6.54 Å². The van der Waals surface area contributed by atoms with E-state index in [1.807, 2.05) is 12.1 Å². The van der Waals surface area contributed by atoms with Gasteiger partial charge in [-0.25, -0.2) is 4.79 Å². The van der Waals surface area contributed by atoms with Crippen molar-refractivity contribution in [1.29, 1.82) is 0 Å². The zero-order valence-corrected chi connectivity index (χ0v) is 9.77. The summed E-state index contributed by atoms with van der Waals surface area (Å²) in [4.78, 5) is 11.3. The maximum atomic E-state index is 10.1. The monoisotopic (exact) mass is 275 g/mol. The highest BCUT2D eigenvalue weighted by atomic mass is 79.9. The summed E-state index contributed by atoms with van der Waals surface area (Å²) >= 11 is 5.04. The molecule has 0 atom stereocenters. The molecule has 1 heterocycles. The van der Waals surface area contributed by atoms with E-state index in [2.05, 4.69) is 21.2 Å². The summed E-state index contributed by atoms with van der Waals surface area (Å²) in [6.07, 6.45) is 2.72. The number of carboxylic acids is 1. The standard InChI is InChI=1S/C9H10BrNO2S/c10-8-4-3-7(14-8)6-11-5-1-2-9(12)13/h1-4,11H,5-6H2,(H,12,13)/b2-1+. The Kier molecular flexibility index (Phi) is 4.86. The lowest BCUT2D eigenvalue weighted by Gasteiger charge is -1.96. The molecule has 0 unspecified atom stereocenters. The molecule has 3 nitrogen and oxygen atoms in total. The highest BCUT2D eigenvalue weighted by molar-refractivity contribution is 9.11. The number of aliphatic carboxylic acids is 1. The molecule has 0 aliphatic heterocycles. The molecule has 76 valence electrons. The van der Waals surface area contributed by atoms with Crippen LogP contribution in [0.2, 0.25) is 0 Å². The number of nitrogens with one attached hydrogen (secondary N) is 1. The van der Waals surface area contributed by atoms with E-state index in [4.69, 9.17) is 5.11 Å². The molecule has 2 N–H and O–H groups in total. The molecule has 0 bridgehead atoms. The summed E-state index contributed by atoms with van der Waals surface area (Å²) in [6.45, 7) is 1.34. The van der Waals surface area contributed by atoms with Crippen LogP contribution in [-0.4, -0.2) is 17.6 Å². The summed E-state index contributed by atoms with van der Waals surface area (Å²) in [5, 5.41) is 11.4. The Morgan fingerprint density at radius 2 is 2.43 bits per heavy atom.